The molecule has 0 saturated carbocycles. The van der Waals surface area contributed by atoms with Crippen molar-refractivity contribution in [1.82, 2.24) is 5.32 Å². The van der Waals surface area contributed by atoms with E-state index < -0.39 is 23.9 Å². The molecule has 4 aromatic rings. The van der Waals surface area contributed by atoms with Crippen molar-refractivity contribution in [3.63, 3.8) is 0 Å². The van der Waals surface area contributed by atoms with Crippen molar-refractivity contribution in [2.75, 3.05) is 11.9 Å². The number of carbonyl (C=O) groups excluding carboxylic acids is 3. The minimum absolute atomic E-state index is 0.0168. The van der Waals surface area contributed by atoms with Crippen molar-refractivity contribution < 1.29 is 33.8 Å². The van der Waals surface area contributed by atoms with E-state index in [1.165, 1.54) is 37.0 Å². The average Bonchev–Trinajstić information content (AvgIpc) is 3.11. The van der Waals surface area contributed by atoms with Crippen LogP contribution in [0.1, 0.15) is 89.8 Å². The standard InChI is InChI=1S/C41H46N2O7/c1-3-5-6-7-8-26-49-35-24-18-33(19-25-35)41(48)50-36-22-14-30(15-23-36)27-37(40(46)47)43-39(45)32-16-20-34(21-17-32)42-38(44)28-31-12-10-29(9-4-2)11-13-31/h10-25,37H,3-9,26-28H2,1-2H3,(H,42,44)(H,43,45)(H,46,47)/t37-/m0/s1. The van der Waals surface area contributed by atoms with Crippen LogP contribution >= 0.6 is 0 Å². The van der Waals surface area contributed by atoms with Crippen LogP contribution in [0, 0.1) is 0 Å². The van der Waals surface area contributed by atoms with E-state index >= 15 is 0 Å². The Kier molecular flexibility index (Phi) is 14.6. The highest BCUT2D eigenvalue weighted by Gasteiger charge is 2.21. The normalized spacial score (nSPS) is 11.3. The molecule has 0 fully saturated rings. The smallest absolute Gasteiger partial charge is 0.343 e. The fourth-order valence-electron chi connectivity index (χ4n) is 5.33. The van der Waals surface area contributed by atoms with Crippen LogP contribution in [-0.2, 0) is 28.9 Å². The van der Waals surface area contributed by atoms with Crippen LogP contribution in [0.4, 0.5) is 5.69 Å². The van der Waals surface area contributed by atoms with E-state index in [9.17, 15) is 24.3 Å². The van der Waals surface area contributed by atoms with Gasteiger partial charge < -0.3 is 25.2 Å². The average molecular weight is 679 g/mol. The van der Waals surface area contributed by atoms with Gasteiger partial charge in [0.25, 0.3) is 5.91 Å². The summed E-state index contributed by atoms with van der Waals surface area (Å²) in [6.07, 6.45) is 8.07. The van der Waals surface area contributed by atoms with Crippen molar-refractivity contribution >= 4 is 29.4 Å². The maximum absolute atomic E-state index is 12.9. The number of carboxylic acids is 1. The van der Waals surface area contributed by atoms with Gasteiger partial charge in [0.05, 0.1) is 18.6 Å². The van der Waals surface area contributed by atoms with Crippen LogP contribution in [0.25, 0.3) is 0 Å². The SMILES string of the molecule is CCCCCCCOc1ccc(C(=O)Oc2ccc(C[C@H](NC(=O)c3ccc(NC(=O)Cc4ccc(CCC)cc4)cc3)C(=O)O)cc2)cc1. The number of ether oxygens (including phenoxy) is 2. The summed E-state index contributed by atoms with van der Waals surface area (Å²) in [6, 6.07) is 26.3. The molecule has 262 valence electrons. The van der Waals surface area contributed by atoms with Crippen molar-refractivity contribution in [1.29, 1.82) is 0 Å². The van der Waals surface area contributed by atoms with Gasteiger partial charge in [-0.25, -0.2) is 9.59 Å². The first-order valence-corrected chi connectivity index (χ1v) is 17.3. The van der Waals surface area contributed by atoms with Gasteiger partial charge in [-0.1, -0.05) is 82.3 Å². The first-order valence-electron chi connectivity index (χ1n) is 17.3. The summed E-state index contributed by atoms with van der Waals surface area (Å²) in [5.41, 5.74) is 3.93. The molecule has 0 bridgehead atoms. The number of nitrogens with one attached hydrogen (secondary N) is 2. The number of carbonyl (C=O) groups is 4. The van der Waals surface area contributed by atoms with Crippen molar-refractivity contribution in [2.24, 2.45) is 0 Å². The summed E-state index contributed by atoms with van der Waals surface area (Å²) in [6.45, 7) is 4.94. The number of aryl methyl sites for hydroxylation is 1. The summed E-state index contributed by atoms with van der Waals surface area (Å²) in [5, 5.41) is 15.2. The third kappa shape index (κ3) is 12.2. The predicted molar refractivity (Wildman–Crippen MR) is 194 cm³/mol. The Labute approximate surface area is 294 Å². The van der Waals surface area contributed by atoms with Gasteiger partial charge >= 0.3 is 11.9 Å². The molecule has 4 rings (SSSR count). The molecule has 0 aliphatic carbocycles. The van der Waals surface area contributed by atoms with Gasteiger partial charge in [-0.15, -0.1) is 0 Å². The molecule has 4 aromatic carbocycles. The first kappa shape index (κ1) is 37.4. The second kappa shape index (κ2) is 19.5. The van der Waals surface area contributed by atoms with Gasteiger partial charge in [0, 0.05) is 17.7 Å². The molecule has 2 amide bonds. The van der Waals surface area contributed by atoms with E-state index in [1.807, 2.05) is 24.3 Å². The minimum Gasteiger partial charge on any atom is -0.494 e. The molecule has 0 aromatic heterocycles. The zero-order valence-electron chi connectivity index (χ0n) is 28.8. The Balaban J connectivity index is 1.23. The number of carboxylic acid groups (broad SMARTS) is 1. The lowest BCUT2D eigenvalue weighted by atomic mass is 10.0. The van der Waals surface area contributed by atoms with Crippen molar-refractivity contribution in [2.45, 2.75) is 77.7 Å². The molecule has 0 unspecified atom stereocenters. The zero-order chi connectivity index (χ0) is 35.7. The Morgan fingerprint density at radius 3 is 1.90 bits per heavy atom. The highest BCUT2D eigenvalue weighted by Crippen LogP contribution is 2.19. The molecular weight excluding hydrogens is 632 g/mol. The number of unbranched alkanes of at least 4 members (excludes halogenated alkanes) is 4. The number of anilines is 1. The molecule has 9 heteroatoms. The second-order valence-corrected chi connectivity index (χ2v) is 12.3. The molecule has 1 atom stereocenters. The molecule has 0 aliphatic heterocycles. The largest absolute Gasteiger partial charge is 0.494 e. The van der Waals surface area contributed by atoms with Crippen LogP contribution in [0.15, 0.2) is 97.1 Å². The van der Waals surface area contributed by atoms with E-state index in [-0.39, 0.29) is 24.3 Å². The minimum atomic E-state index is -1.20. The summed E-state index contributed by atoms with van der Waals surface area (Å²) < 4.78 is 11.2. The lowest BCUT2D eigenvalue weighted by Gasteiger charge is -2.15. The lowest BCUT2D eigenvalue weighted by Crippen LogP contribution is -2.42. The molecule has 3 N–H and O–H groups in total. The Bertz CT molecular complexity index is 1680. The van der Waals surface area contributed by atoms with Crippen molar-refractivity contribution in [3.8, 4) is 11.5 Å². The second-order valence-electron chi connectivity index (χ2n) is 12.3. The fourth-order valence-corrected chi connectivity index (χ4v) is 5.33. The number of esters is 1. The van der Waals surface area contributed by atoms with E-state index in [2.05, 4.69) is 24.5 Å². The molecule has 0 spiro atoms. The number of benzene rings is 4. The van der Waals surface area contributed by atoms with E-state index in [0.717, 1.165) is 31.2 Å². The van der Waals surface area contributed by atoms with E-state index in [4.69, 9.17) is 9.47 Å². The molecule has 0 heterocycles. The zero-order valence-corrected chi connectivity index (χ0v) is 28.8. The molecule has 0 saturated heterocycles. The van der Waals surface area contributed by atoms with Crippen LogP contribution in [0.2, 0.25) is 0 Å². The number of hydrogen-bond donors (Lipinski definition) is 3. The highest BCUT2D eigenvalue weighted by molar-refractivity contribution is 5.98. The fraction of sp³-hybridized carbons (Fsp3) is 0.317. The van der Waals surface area contributed by atoms with Crippen LogP contribution < -0.4 is 20.1 Å². The van der Waals surface area contributed by atoms with Gasteiger partial charge in [0.2, 0.25) is 5.91 Å². The molecule has 50 heavy (non-hydrogen) atoms. The Hall–Kier alpha value is -5.44. The third-order valence-electron chi connectivity index (χ3n) is 8.14. The monoisotopic (exact) mass is 678 g/mol. The van der Waals surface area contributed by atoms with Crippen LogP contribution in [0.3, 0.4) is 0 Å². The predicted octanol–water partition coefficient (Wildman–Crippen LogP) is 7.81. The molecule has 9 nitrogen and oxygen atoms in total. The highest BCUT2D eigenvalue weighted by atomic mass is 16.5. The van der Waals surface area contributed by atoms with Gasteiger partial charge in [-0.2, -0.15) is 0 Å². The third-order valence-corrected chi connectivity index (χ3v) is 8.14. The number of hydrogen-bond acceptors (Lipinski definition) is 6. The Morgan fingerprint density at radius 1 is 0.660 bits per heavy atom. The summed E-state index contributed by atoms with van der Waals surface area (Å²) in [7, 11) is 0. The van der Waals surface area contributed by atoms with Gasteiger partial charge in [-0.05, 0) is 90.2 Å². The summed E-state index contributed by atoms with van der Waals surface area (Å²) >= 11 is 0. The van der Waals surface area contributed by atoms with Crippen LogP contribution in [0.5, 0.6) is 11.5 Å². The van der Waals surface area contributed by atoms with Gasteiger partial charge in [-0.3, -0.25) is 9.59 Å². The van der Waals surface area contributed by atoms with E-state index in [1.54, 1.807) is 60.7 Å². The maximum Gasteiger partial charge on any atom is 0.343 e. The topological polar surface area (TPSA) is 131 Å². The first-order chi connectivity index (χ1) is 24.2. The number of amides is 2. The number of aliphatic carboxylic acids is 1. The van der Waals surface area contributed by atoms with Crippen LogP contribution in [-0.4, -0.2) is 41.5 Å². The quantitative estimate of drug-likeness (QED) is 0.0524. The maximum atomic E-state index is 12.9. The van der Waals surface area contributed by atoms with Gasteiger partial charge in [0.1, 0.15) is 17.5 Å². The van der Waals surface area contributed by atoms with E-state index in [0.29, 0.717) is 34.9 Å². The number of rotatable bonds is 19. The van der Waals surface area contributed by atoms with Crippen molar-refractivity contribution in [3.05, 3.63) is 125 Å². The Morgan fingerprint density at radius 2 is 1.26 bits per heavy atom. The molecule has 0 aliphatic rings. The lowest BCUT2D eigenvalue weighted by molar-refractivity contribution is -0.139. The molecular formula is C41H46N2O7. The molecule has 0 radical (unpaired) electrons. The summed E-state index contributed by atoms with van der Waals surface area (Å²) in [4.78, 5) is 50.1. The van der Waals surface area contributed by atoms with Gasteiger partial charge in [0.15, 0.2) is 0 Å². The summed E-state index contributed by atoms with van der Waals surface area (Å²) in [5.74, 6) is -1.45.